The van der Waals surface area contributed by atoms with E-state index in [0.717, 1.165) is 23.3 Å². The molecule has 0 aliphatic carbocycles. The Morgan fingerprint density at radius 2 is 1.57 bits per heavy atom. The quantitative estimate of drug-likeness (QED) is 0.842. The van der Waals surface area contributed by atoms with E-state index >= 15 is 0 Å². The van der Waals surface area contributed by atoms with Gasteiger partial charge in [-0.05, 0) is 31.0 Å². The van der Waals surface area contributed by atoms with Crippen molar-refractivity contribution in [3.63, 3.8) is 0 Å². The first-order valence-corrected chi connectivity index (χ1v) is 7.36. The van der Waals surface area contributed by atoms with Crippen LogP contribution in [0.1, 0.15) is 31.1 Å². The topological polar surface area (TPSA) is 38.7 Å². The molecule has 0 fully saturated rings. The predicted octanol–water partition coefficient (Wildman–Crippen LogP) is 3.76. The molecule has 0 aliphatic heterocycles. The van der Waals surface area contributed by atoms with Crippen molar-refractivity contribution >= 4 is 0 Å². The third-order valence-corrected chi connectivity index (χ3v) is 3.33. The number of hydrogen-bond donors (Lipinski definition) is 1. The van der Waals surface area contributed by atoms with E-state index in [1.807, 2.05) is 55.5 Å². The van der Waals surface area contributed by atoms with Gasteiger partial charge in [0.05, 0.1) is 6.61 Å². The van der Waals surface area contributed by atoms with Crippen LogP contribution in [-0.2, 0) is 6.42 Å². The van der Waals surface area contributed by atoms with Crippen LogP contribution in [0, 0.1) is 0 Å². The molecule has 0 radical (unpaired) electrons. The Kier molecular flexibility index (Phi) is 5.64. The second kappa shape index (κ2) is 7.70. The van der Waals surface area contributed by atoms with Crippen LogP contribution in [0.2, 0.25) is 0 Å². The van der Waals surface area contributed by atoms with Gasteiger partial charge in [-0.2, -0.15) is 0 Å². The lowest BCUT2D eigenvalue weighted by atomic mass is 10.1. The standard InChI is InChI=1S/C18H22O3/c1-3-14-9-5-7-11-17(14)21-13-16(19)15-10-6-8-12-18(15)20-4-2/h5-12,16,19H,3-4,13H2,1-2H3. The number of aliphatic hydroxyl groups excluding tert-OH is 1. The molecule has 2 rings (SSSR count). The zero-order valence-corrected chi connectivity index (χ0v) is 12.6. The fourth-order valence-corrected chi connectivity index (χ4v) is 2.24. The number of benzene rings is 2. The molecule has 21 heavy (non-hydrogen) atoms. The summed E-state index contributed by atoms with van der Waals surface area (Å²) in [4.78, 5) is 0. The second-order valence-electron chi connectivity index (χ2n) is 4.76. The van der Waals surface area contributed by atoms with Gasteiger partial charge in [0.1, 0.15) is 24.2 Å². The monoisotopic (exact) mass is 286 g/mol. The minimum atomic E-state index is -0.710. The number of rotatable bonds is 7. The van der Waals surface area contributed by atoms with Gasteiger partial charge in [-0.15, -0.1) is 0 Å². The SMILES string of the molecule is CCOc1ccccc1C(O)COc1ccccc1CC. The van der Waals surface area contributed by atoms with Gasteiger partial charge in [0, 0.05) is 5.56 Å². The Balaban J connectivity index is 2.06. The highest BCUT2D eigenvalue weighted by molar-refractivity contribution is 5.36. The minimum Gasteiger partial charge on any atom is -0.493 e. The maximum Gasteiger partial charge on any atom is 0.125 e. The molecule has 2 aromatic carbocycles. The van der Waals surface area contributed by atoms with E-state index in [0.29, 0.717) is 12.4 Å². The molecule has 0 saturated heterocycles. The lowest BCUT2D eigenvalue weighted by Crippen LogP contribution is -2.12. The summed E-state index contributed by atoms with van der Waals surface area (Å²) < 4.78 is 11.3. The number of ether oxygens (including phenoxy) is 2. The van der Waals surface area contributed by atoms with E-state index in [4.69, 9.17) is 9.47 Å². The van der Waals surface area contributed by atoms with E-state index in [9.17, 15) is 5.11 Å². The van der Waals surface area contributed by atoms with Crippen molar-refractivity contribution in [2.24, 2.45) is 0 Å². The normalized spacial score (nSPS) is 12.0. The summed E-state index contributed by atoms with van der Waals surface area (Å²) in [7, 11) is 0. The van der Waals surface area contributed by atoms with Crippen molar-refractivity contribution in [2.45, 2.75) is 26.4 Å². The summed E-state index contributed by atoms with van der Waals surface area (Å²) in [6.45, 7) is 4.80. The fraction of sp³-hybridized carbons (Fsp3) is 0.333. The molecule has 0 heterocycles. The first kappa shape index (κ1) is 15.4. The third-order valence-electron chi connectivity index (χ3n) is 3.33. The average Bonchev–Trinajstić information content (AvgIpc) is 2.53. The zero-order valence-electron chi connectivity index (χ0n) is 12.6. The van der Waals surface area contributed by atoms with E-state index in [-0.39, 0.29) is 6.61 Å². The lowest BCUT2D eigenvalue weighted by Gasteiger charge is -2.17. The summed E-state index contributed by atoms with van der Waals surface area (Å²) in [6, 6.07) is 15.4. The largest absolute Gasteiger partial charge is 0.493 e. The molecule has 1 atom stereocenters. The molecular weight excluding hydrogens is 264 g/mol. The summed E-state index contributed by atoms with van der Waals surface area (Å²) in [6.07, 6.45) is 0.194. The van der Waals surface area contributed by atoms with Crippen molar-refractivity contribution in [3.05, 3.63) is 59.7 Å². The van der Waals surface area contributed by atoms with Crippen LogP contribution >= 0.6 is 0 Å². The molecule has 0 saturated carbocycles. The molecule has 112 valence electrons. The predicted molar refractivity (Wildman–Crippen MR) is 83.9 cm³/mol. The third kappa shape index (κ3) is 3.99. The van der Waals surface area contributed by atoms with Crippen LogP contribution < -0.4 is 9.47 Å². The molecular formula is C18H22O3. The van der Waals surface area contributed by atoms with Gasteiger partial charge < -0.3 is 14.6 Å². The highest BCUT2D eigenvalue weighted by atomic mass is 16.5. The molecule has 0 aliphatic rings. The van der Waals surface area contributed by atoms with Crippen LogP contribution in [0.15, 0.2) is 48.5 Å². The van der Waals surface area contributed by atoms with Crippen molar-refractivity contribution in [1.82, 2.24) is 0 Å². The van der Waals surface area contributed by atoms with Crippen LogP contribution in [0.25, 0.3) is 0 Å². The molecule has 3 nitrogen and oxygen atoms in total. The van der Waals surface area contributed by atoms with Gasteiger partial charge in [0.2, 0.25) is 0 Å². The molecule has 0 bridgehead atoms. The molecule has 0 amide bonds. The van der Waals surface area contributed by atoms with Crippen LogP contribution in [0.5, 0.6) is 11.5 Å². The Morgan fingerprint density at radius 1 is 0.905 bits per heavy atom. The first-order valence-electron chi connectivity index (χ1n) is 7.36. The molecule has 2 aromatic rings. The fourth-order valence-electron chi connectivity index (χ4n) is 2.24. The summed E-state index contributed by atoms with van der Waals surface area (Å²) in [5.74, 6) is 1.54. The number of aryl methyl sites for hydroxylation is 1. The zero-order chi connectivity index (χ0) is 15.1. The van der Waals surface area contributed by atoms with Crippen LogP contribution in [-0.4, -0.2) is 18.3 Å². The number of aliphatic hydroxyl groups is 1. The average molecular weight is 286 g/mol. The molecule has 1 N–H and O–H groups in total. The summed E-state index contributed by atoms with van der Waals surface area (Å²) in [5.41, 5.74) is 1.90. The Hall–Kier alpha value is -2.00. The van der Waals surface area contributed by atoms with Gasteiger partial charge in [-0.25, -0.2) is 0 Å². The van der Waals surface area contributed by atoms with Gasteiger partial charge in [0.25, 0.3) is 0 Å². The maximum atomic E-state index is 10.3. The van der Waals surface area contributed by atoms with Crippen LogP contribution in [0.3, 0.4) is 0 Å². The highest BCUT2D eigenvalue weighted by Crippen LogP contribution is 2.26. The summed E-state index contributed by atoms with van der Waals surface area (Å²) in [5, 5.41) is 10.3. The van der Waals surface area contributed by atoms with E-state index in [2.05, 4.69) is 6.92 Å². The van der Waals surface area contributed by atoms with Gasteiger partial charge in [0.15, 0.2) is 0 Å². The summed E-state index contributed by atoms with van der Waals surface area (Å²) >= 11 is 0. The minimum absolute atomic E-state index is 0.209. The molecule has 0 aromatic heterocycles. The Bertz CT molecular complexity index is 566. The first-order chi connectivity index (χ1) is 10.3. The van der Waals surface area contributed by atoms with E-state index in [1.165, 1.54) is 0 Å². The van der Waals surface area contributed by atoms with Gasteiger partial charge >= 0.3 is 0 Å². The van der Waals surface area contributed by atoms with E-state index in [1.54, 1.807) is 0 Å². The second-order valence-corrected chi connectivity index (χ2v) is 4.76. The maximum absolute atomic E-state index is 10.3. The van der Waals surface area contributed by atoms with Gasteiger partial charge in [-0.1, -0.05) is 43.3 Å². The molecule has 1 unspecified atom stereocenters. The van der Waals surface area contributed by atoms with Gasteiger partial charge in [-0.3, -0.25) is 0 Å². The smallest absolute Gasteiger partial charge is 0.125 e. The number of para-hydroxylation sites is 2. The molecule has 3 heteroatoms. The highest BCUT2D eigenvalue weighted by Gasteiger charge is 2.14. The van der Waals surface area contributed by atoms with Crippen molar-refractivity contribution in [2.75, 3.05) is 13.2 Å². The number of hydrogen-bond acceptors (Lipinski definition) is 3. The van der Waals surface area contributed by atoms with Crippen molar-refractivity contribution in [1.29, 1.82) is 0 Å². The van der Waals surface area contributed by atoms with Crippen molar-refractivity contribution < 1.29 is 14.6 Å². The molecule has 0 spiro atoms. The van der Waals surface area contributed by atoms with Crippen molar-refractivity contribution in [3.8, 4) is 11.5 Å². The Morgan fingerprint density at radius 3 is 2.29 bits per heavy atom. The van der Waals surface area contributed by atoms with Crippen LogP contribution in [0.4, 0.5) is 0 Å². The van der Waals surface area contributed by atoms with E-state index < -0.39 is 6.10 Å². The Labute approximate surface area is 126 Å². The lowest BCUT2D eigenvalue weighted by molar-refractivity contribution is 0.104.